The zero-order valence-electron chi connectivity index (χ0n) is 16.5. The fourth-order valence-electron chi connectivity index (χ4n) is 2.63. The number of aromatic nitrogens is 6. The van der Waals surface area contributed by atoms with Crippen LogP contribution < -0.4 is 5.32 Å². The average Bonchev–Trinajstić information content (AvgIpc) is 3.17. The van der Waals surface area contributed by atoms with Crippen LogP contribution in [0.5, 0.6) is 0 Å². The van der Waals surface area contributed by atoms with Crippen molar-refractivity contribution in [3.8, 4) is 11.4 Å². The summed E-state index contributed by atoms with van der Waals surface area (Å²) in [5.41, 5.74) is 0.698. The molecule has 0 atom stereocenters. The topological polar surface area (TPSA) is 108 Å². The second-order valence-electron chi connectivity index (χ2n) is 6.25. The minimum absolute atomic E-state index is 0.0100. The number of carbonyl (C=O) groups excluding carboxylic acids is 1. The number of carbonyl (C=O) groups is 1. The average molecular weight is 490 g/mol. The molecular formula is C18H16Cl2F3N7O2. The van der Waals surface area contributed by atoms with Crippen LogP contribution >= 0.6 is 23.2 Å². The maximum atomic E-state index is 12.7. The van der Waals surface area contributed by atoms with Gasteiger partial charge in [0.15, 0.2) is 0 Å². The highest BCUT2D eigenvalue weighted by Crippen LogP contribution is 2.26. The number of esters is 1. The van der Waals surface area contributed by atoms with E-state index in [-0.39, 0.29) is 59.5 Å². The molecular weight excluding hydrogens is 474 g/mol. The standard InChI is InChI=1S/C18H16Cl2F3N7O2/c1-2-32-15(31)14-28-12(13-11(19)8-26-17(20)29-13)9-30(14)6-5-24-7-10-3-4-25-16(27-10)18(21,22)23/h3-4,8-9,24H,2,5-7H2,1H3. The van der Waals surface area contributed by atoms with Gasteiger partial charge in [-0.15, -0.1) is 0 Å². The molecule has 32 heavy (non-hydrogen) atoms. The van der Waals surface area contributed by atoms with Crippen LogP contribution in [0, 0.1) is 0 Å². The van der Waals surface area contributed by atoms with E-state index in [0.29, 0.717) is 0 Å². The predicted octanol–water partition coefficient (Wildman–Crippen LogP) is 3.42. The minimum atomic E-state index is -4.62. The molecule has 0 amide bonds. The highest BCUT2D eigenvalue weighted by Gasteiger charge is 2.34. The van der Waals surface area contributed by atoms with Crippen LogP contribution in [0.15, 0.2) is 24.7 Å². The van der Waals surface area contributed by atoms with Crippen molar-refractivity contribution in [1.82, 2.24) is 34.8 Å². The van der Waals surface area contributed by atoms with Gasteiger partial charge in [-0.05, 0) is 24.6 Å². The summed E-state index contributed by atoms with van der Waals surface area (Å²) in [4.78, 5) is 31.1. The number of rotatable bonds is 8. The summed E-state index contributed by atoms with van der Waals surface area (Å²) in [6, 6.07) is 1.38. The number of halogens is 5. The van der Waals surface area contributed by atoms with Gasteiger partial charge in [-0.1, -0.05) is 11.6 Å². The molecule has 0 saturated heterocycles. The van der Waals surface area contributed by atoms with Crippen molar-refractivity contribution in [3.63, 3.8) is 0 Å². The van der Waals surface area contributed by atoms with Gasteiger partial charge >= 0.3 is 12.1 Å². The highest BCUT2D eigenvalue weighted by atomic mass is 35.5. The van der Waals surface area contributed by atoms with E-state index in [9.17, 15) is 18.0 Å². The first kappa shape index (κ1) is 23.8. The van der Waals surface area contributed by atoms with Gasteiger partial charge in [0.05, 0.1) is 23.5 Å². The number of ether oxygens (including phenoxy) is 1. The Morgan fingerprint density at radius 2 is 2.00 bits per heavy atom. The first-order valence-electron chi connectivity index (χ1n) is 9.21. The molecule has 170 valence electrons. The molecule has 0 radical (unpaired) electrons. The zero-order valence-corrected chi connectivity index (χ0v) is 18.0. The summed E-state index contributed by atoms with van der Waals surface area (Å²) in [7, 11) is 0. The van der Waals surface area contributed by atoms with Gasteiger partial charge < -0.3 is 14.6 Å². The normalized spacial score (nSPS) is 11.6. The van der Waals surface area contributed by atoms with Crippen molar-refractivity contribution in [2.45, 2.75) is 26.2 Å². The van der Waals surface area contributed by atoms with Gasteiger partial charge in [0.25, 0.3) is 0 Å². The van der Waals surface area contributed by atoms with Gasteiger partial charge in [0.2, 0.25) is 16.9 Å². The molecule has 3 rings (SSSR count). The first-order chi connectivity index (χ1) is 15.2. The van der Waals surface area contributed by atoms with E-state index < -0.39 is 18.0 Å². The molecule has 0 spiro atoms. The van der Waals surface area contributed by atoms with Gasteiger partial charge in [-0.2, -0.15) is 13.2 Å². The number of hydrogen-bond acceptors (Lipinski definition) is 8. The lowest BCUT2D eigenvalue weighted by atomic mass is 10.3. The van der Waals surface area contributed by atoms with Gasteiger partial charge in [0.1, 0.15) is 11.4 Å². The lowest BCUT2D eigenvalue weighted by Crippen LogP contribution is -2.23. The van der Waals surface area contributed by atoms with E-state index in [1.54, 1.807) is 13.1 Å². The van der Waals surface area contributed by atoms with Crippen LogP contribution in [0.4, 0.5) is 13.2 Å². The van der Waals surface area contributed by atoms with Crippen LogP contribution in [0.25, 0.3) is 11.4 Å². The smallest absolute Gasteiger partial charge is 0.451 e. The Morgan fingerprint density at radius 3 is 2.72 bits per heavy atom. The molecule has 14 heteroatoms. The molecule has 0 fully saturated rings. The highest BCUT2D eigenvalue weighted by molar-refractivity contribution is 6.33. The van der Waals surface area contributed by atoms with E-state index >= 15 is 0 Å². The van der Waals surface area contributed by atoms with E-state index in [4.69, 9.17) is 27.9 Å². The Hall–Kier alpha value is -2.83. The van der Waals surface area contributed by atoms with Crippen molar-refractivity contribution in [3.05, 3.63) is 52.3 Å². The third-order valence-corrected chi connectivity index (χ3v) is 4.45. The summed E-state index contributed by atoms with van der Waals surface area (Å²) in [5.74, 6) is -1.85. The summed E-state index contributed by atoms with van der Waals surface area (Å²) in [6.45, 7) is 2.40. The number of hydrogen-bond donors (Lipinski definition) is 1. The number of nitrogens with zero attached hydrogens (tertiary/aromatic N) is 6. The molecule has 0 unspecified atom stereocenters. The quantitative estimate of drug-likeness (QED) is 0.291. The van der Waals surface area contributed by atoms with Crippen LogP contribution in [-0.2, 0) is 24.0 Å². The molecule has 3 heterocycles. The summed E-state index contributed by atoms with van der Waals surface area (Å²) in [5, 5.41) is 3.12. The van der Waals surface area contributed by atoms with Crippen molar-refractivity contribution >= 4 is 29.2 Å². The van der Waals surface area contributed by atoms with Crippen LogP contribution in [0.3, 0.4) is 0 Å². The molecule has 3 aromatic rings. The number of nitrogens with one attached hydrogen (secondary N) is 1. The second kappa shape index (κ2) is 10.2. The zero-order chi connectivity index (χ0) is 23.3. The fraction of sp³-hybridized carbons (Fsp3) is 0.333. The molecule has 0 aliphatic heterocycles. The molecule has 0 saturated carbocycles. The van der Waals surface area contributed by atoms with Crippen LogP contribution in [0.1, 0.15) is 29.1 Å². The Kier molecular flexibility index (Phi) is 7.59. The maximum Gasteiger partial charge on any atom is 0.451 e. The molecule has 1 N–H and O–H groups in total. The molecule has 0 aliphatic carbocycles. The maximum absolute atomic E-state index is 12.7. The van der Waals surface area contributed by atoms with E-state index in [1.165, 1.54) is 16.8 Å². The lowest BCUT2D eigenvalue weighted by molar-refractivity contribution is -0.145. The van der Waals surface area contributed by atoms with Crippen molar-refractivity contribution < 1.29 is 22.7 Å². The van der Waals surface area contributed by atoms with E-state index in [2.05, 4.69) is 30.2 Å². The molecule has 3 aromatic heterocycles. The first-order valence-corrected chi connectivity index (χ1v) is 9.97. The van der Waals surface area contributed by atoms with Gasteiger partial charge in [-0.3, -0.25) is 0 Å². The molecule has 0 aromatic carbocycles. The summed E-state index contributed by atoms with van der Waals surface area (Å²) in [6.07, 6.45) is -0.716. The van der Waals surface area contributed by atoms with Crippen molar-refractivity contribution in [1.29, 1.82) is 0 Å². The summed E-state index contributed by atoms with van der Waals surface area (Å²) >= 11 is 11.9. The number of alkyl halides is 3. The monoisotopic (exact) mass is 489 g/mol. The van der Waals surface area contributed by atoms with Crippen molar-refractivity contribution in [2.75, 3.05) is 13.2 Å². The van der Waals surface area contributed by atoms with E-state index in [1.807, 2.05) is 0 Å². The van der Waals surface area contributed by atoms with Crippen LogP contribution in [-0.4, -0.2) is 48.6 Å². The fourth-order valence-corrected chi connectivity index (χ4v) is 2.95. The Balaban J connectivity index is 1.73. The summed E-state index contributed by atoms with van der Waals surface area (Å²) < 4.78 is 44.7. The van der Waals surface area contributed by atoms with Crippen molar-refractivity contribution in [2.24, 2.45) is 0 Å². The minimum Gasteiger partial charge on any atom is -0.460 e. The van der Waals surface area contributed by atoms with Crippen LogP contribution in [0.2, 0.25) is 10.3 Å². The largest absolute Gasteiger partial charge is 0.460 e. The number of imidazole rings is 1. The predicted molar refractivity (Wildman–Crippen MR) is 108 cm³/mol. The lowest BCUT2D eigenvalue weighted by Gasteiger charge is -2.09. The van der Waals surface area contributed by atoms with Gasteiger partial charge in [0, 0.05) is 32.0 Å². The molecule has 0 aliphatic rings. The Morgan fingerprint density at radius 1 is 1.22 bits per heavy atom. The van der Waals surface area contributed by atoms with E-state index in [0.717, 1.165) is 6.20 Å². The third kappa shape index (κ3) is 5.90. The SMILES string of the molecule is CCOC(=O)c1nc(-c2nc(Cl)ncc2Cl)cn1CCNCc1ccnc(C(F)(F)F)n1. The molecule has 0 bridgehead atoms. The van der Waals surface area contributed by atoms with Gasteiger partial charge in [-0.25, -0.2) is 29.7 Å². The third-order valence-electron chi connectivity index (χ3n) is 3.99. The Bertz CT molecular complexity index is 1110. The second-order valence-corrected chi connectivity index (χ2v) is 6.99. The Labute approximate surface area is 190 Å². The molecule has 9 nitrogen and oxygen atoms in total.